The Morgan fingerprint density at radius 3 is 2.59 bits per heavy atom. The van der Waals surface area contributed by atoms with Crippen molar-refractivity contribution in [3.05, 3.63) is 106 Å². The van der Waals surface area contributed by atoms with Gasteiger partial charge in [0, 0.05) is 16.6 Å². The number of esters is 1. The molecule has 6 rings (SSSR count). The lowest BCUT2D eigenvalue weighted by molar-refractivity contribution is 0.0527. The summed E-state index contributed by atoms with van der Waals surface area (Å²) >= 11 is 1.87. The van der Waals surface area contributed by atoms with Gasteiger partial charge in [-0.3, -0.25) is 0 Å². The molecule has 2 aliphatic rings. The first-order valence-electron chi connectivity index (χ1n) is 12.9. The molecule has 2 amide bonds. The second-order valence-electron chi connectivity index (χ2n) is 9.43. The average molecular weight is 512 g/mol. The molecule has 7 heteroatoms. The summed E-state index contributed by atoms with van der Waals surface area (Å²) < 4.78 is 7.51. The number of nitrogens with one attached hydrogen (secondary N) is 1. The normalized spacial score (nSPS) is 16.2. The zero-order valence-electron chi connectivity index (χ0n) is 20.8. The molecule has 6 nitrogen and oxygen atoms in total. The van der Waals surface area contributed by atoms with Gasteiger partial charge in [-0.25, -0.2) is 9.59 Å². The smallest absolute Gasteiger partial charge is 0.340 e. The number of aromatic nitrogens is 1. The van der Waals surface area contributed by atoms with Crippen LogP contribution < -0.4 is 5.32 Å². The summed E-state index contributed by atoms with van der Waals surface area (Å²) in [7, 11) is 0. The summed E-state index contributed by atoms with van der Waals surface area (Å²) in [6, 6.07) is 20.8. The molecule has 0 saturated heterocycles. The van der Waals surface area contributed by atoms with Crippen LogP contribution in [0.3, 0.4) is 0 Å². The first-order chi connectivity index (χ1) is 18.2. The van der Waals surface area contributed by atoms with E-state index in [0.717, 1.165) is 24.1 Å². The first kappa shape index (κ1) is 23.6. The predicted octanol–water partition coefficient (Wildman–Crippen LogP) is 6.73. The minimum Gasteiger partial charge on any atom is -0.462 e. The van der Waals surface area contributed by atoms with Crippen LogP contribution in [0.2, 0.25) is 0 Å². The largest absolute Gasteiger partial charge is 0.462 e. The third-order valence-corrected chi connectivity index (χ3v) is 8.55. The number of hydrogen-bond acceptors (Lipinski definition) is 4. The Balaban J connectivity index is 1.46. The Kier molecular flexibility index (Phi) is 6.30. The fourth-order valence-corrected chi connectivity index (χ4v) is 6.94. The topological polar surface area (TPSA) is 63.6 Å². The quantitative estimate of drug-likeness (QED) is 0.309. The molecule has 1 N–H and O–H groups in total. The van der Waals surface area contributed by atoms with E-state index in [9.17, 15) is 9.59 Å². The molecular weight excluding hydrogens is 482 g/mol. The van der Waals surface area contributed by atoms with Crippen LogP contribution >= 0.6 is 11.3 Å². The minimum absolute atomic E-state index is 0.248. The van der Waals surface area contributed by atoms with E-state index < -0.39 is 5.97 Å². The van der Waals surface area contributed by atoms with Crippen molar-refractivity contribution in [1.29, 1.82) is 0 Å². The minimum atomic E-state index is -0.447. The van der Waals surface area contributed by atoms with Gasteiger partial charge in [0.1, 0.15) is 5.00 Å². The van der Waals surface area contributed by atoms with Crippen molar-refractivity contribution in [3.8, 4) is 5.00 Å². The molecular formula is C30H29N3O3S. The van der Waals surface area contributed by atoms with Gasteiger partial charge in [0.15, 0.2) is 0 Å². The van der Waals surface area contributed by atoms with Gasteiger partial charge in [0.25, 0.3) is 0 Å². The number of ether oxygens (including phenoxy) is 1. The average Bonchev–Trinajstić information content (AvgIpc) is 3.51. The van der Waals surface area contributed by atoms with E-state index in [2.05, 4.69) is 40.3 Å². The molecule has 4 aromatic rings. The summed E-state index contributed by atoms with van der Waals surface area (Å²) in [5.41, 5.74) is 5.54. The zero-order valence-corrected chi connectivity index (χ0v) is 21.6. The molecule has 0 fully saturated rings. The summed E-state index contributed by atoms with van der Waals surface area (Å²) in [5.74, 6) is -0.447. The maximum Gasteiger partial charge on any atom is 0.340 e. The van der Waals surface area contributed by atoms with Gasteiger partial charge in [0.05, 0.1) is 36.1 Å². The highest BCUT2D eigenvalue weighted by molar-refractivity contribution is 7.15. The van der Waals surface area contributed by atoms with E-state index in [1.54, 1.807) is 25.1 Å². The Morgan fingerprint density at radius 1 is 0.973 bits per heavy atom. The molecule has 2 aromatic heterocycles. The van der Waals surface area contributed by atoms with Gasteiger partial charge in [0.2, 0.25) is 0 Å². The van der Waals surface area contributed by atoms with E-state index in [-0.39, 0.29) is 18.7 Å². The fourth-order valence-electron chi connectivity index (χ4n) is 5.54. The van der Waals surface area contributed by atoms with E-state index in [4.69, 9.17) is 4.74 Å². The highest BCUT2D eigenvalue weighted by Crippen LogP contribution is 2.44. The SMILES string of the molecule is CCOC(=O)c1ccccc1NC(=O)N1Cc2c(sc3c2CCCC3)-n2cccc2[C@H]1c1ccccc1. The number of nitrogens with zero attached hydrogens (tertiary/aromatic N) is 2. The van der Waals surface area contributed by atoms with Crippen LogP contribution in [0.5, 0.6) is 0 Å². The van der Waals surface area contributed by atoms with Crippen LogP contribution in [0.25, 0.3) is 5.00 Å². The molecule has 0 unspecified atom stereocenters. The van der Waals surface area contributed by atoms with Crippen molar-refractivity contribution in [2.45, 2.75) is 45.2 Å². The summed E-state index contributed by atoms with van der Waals surface area (Å²) in [6.45, 7) is 2.54. The van der Waals surface area contributed by atoms with Gasteiger partial charge in [-0.15, -0.1) is 11.3 Å². The van der Waals surface area contributed by atoms with Crippen LogP contribution in [0, 0.1) is 0 Å². The summed E-state index contributed by atoms with van der Waals surface area (Å²) in [4.78, 5) is 30.1. The van der Waals surface area contributed by atoms with E-state index >= 15 is 0 Å². The number of aryl methyl sites for hydroxylation is 1. The Hall–Kier alpha value is -3.84. The van der Waals surface area contributed by atoms with Crippen LogP contribution in [-0.2, 0) is 24.1 Å². The molecule has 0 radical (unpaired) electrons. The van der Waals surface area contributed by atoms with E-state index in [1.165, 1.54) is 33.8 Å². The number of fused-ring (bicyclic) bond motifs is 5. The third kappa shape index (κ3) is 4.23. The lowest BCUT2D eigenvalue weighted by Crippen LogP contribution is -2.38. The molecule has 0 saturated carbocycles. The predicted molar refractivity (Wildman–Crippen MR) is 146 cm³/mol. The summed E-state index contributed by atoms with van der Waals surface area (Å²) in [5, 5.41) is 4.27. The van der Waals surface area contributed by atoms with Crippen LogP contribution in [0.1, 0.15) is 63.4 Å². The Bertz CT molecular complexity index is 1460. The third-order valence-electron chi connectivity index (χ3n) is 7.22. The number of carbonyl (C=O) groups is 2. The van der Waals surface area contributed by atoms with Crippen molar-refractivity contribution in [2.75, 3.05) is 11.9 Å². The van der Waals surface area contributed by atoms with Gasteiger partial charge >= 0.3 is 12.0 Å². The van der Waals surface area contributed by atoms with Crippen molar-refractivity contribution in [1.82, 2.24) is 9.47 Å². The lowest BCUT2D eigenvalue weighted by Gasteiger charge is -2.31. The number of anilines is 1. The van der Waals surface area contributed by atoms with E-state index in [0.29, 0.717) is 17.8 Å². The number of para-hydroxylation sites is 1. The highest BCUT2D eigenvalue weighted by atomic mass is 32.1. The van der Waals surface area contributed by atoms with Crippen LogP contribution in [0.4, 0.5) is 10.5 Å². The fraction of sp³-hybridized carbons (Fsp3) is 0.267. The second kappa shape index (κ2) is 9.90. The zero-order chi connectivity index (χ0) is 25.4. The van der Waals surface area contributed by atoms with Crippen LogP contribution in [-0.4, -0.2) is 28.1 Å². The number of rotatable bonds is 4. The van der Waals surface area contributed by atoms with Gasteiger partial charge in [-0.05, 0) is 68.0 Å². The van der Waals surface area contributed by atoms with Gasteiger partial charge < -0.3 is 19.5 Å². The maximum atomic E-state index is 14.1. The number of carbonyl (C=O) groups excluding carboxylic acids is 2. The molecule has 2 aromatic carbocycles. The molecule has 0 bridgehead atoms. The van der Waals surface area contributed by atoms with Crippen molar-refractivity contribution in [2.24, 2.45) is 0 Å². The molecule has 37 heavy (non-hydrogen) atoms. The molecule has 0 spiro atoms. The number of benzene rings is 2. The molecule has 3 heterocycles. The number of amides is 2. The highest BCUT2D eigenvalue weighted by Gasteiger charge is 2.36. The standard InChI is InChI=1S/C30H29N3O3S/c1-2-36-29(34)22-14-6-8-15-24(22)31-30(35)33-19-23-21-13-7-9-17-26(21)37-28(23)32-18-10-16-25(32)27(33)20-11-4-3-5-12-20/h3-6,8,10-12,14-16,18,27H,2,7,9,13,17,19H2,1H3,(H,31,35)/t27-/m1/s1. The Labute approximate surface area is 220 Å². The van der Waals surface area contributed by atoms with Crippen molar-refractivity contribution in [3.63, 3.8) is 0 Å². The van der Waals surface area contributed by atoms with Crippen LogP contribution in [0.15, 0.2) is 72.9 Å². The number of urea groups is 1. The van der Waals surface area contributed by atoms with Crippen molar-refractivity contribution < 1.29 is 14.3 Å². The summed E-state index contributed by atoms with van der Waals surface area (Å²) in [6.07, 6.45) is 6.66. The monoisotopic (exact) mass is 511 g/mol. The van der Waals surface area contributed by atoms with Crippen molar-refractivity contribution >= 4 is 29.0 Å². The maximum absolute atomic E-state index is 14.1. The molecule has 1 atom stereocenters. The molecule has 188 valence electrons. The first-order valence-corrected chi connectivity index (χ1v) is 13.7. The lowest BCUT2D eigenvalue weighted by atomic mass is 9.95. The number of hydrogen-bond donors (Lipinski definition) is 1. The molecule has 1 aliphatic heterocycles. The molecule has 1 aliphatic carbocycles. The number of thiophene rings is 1. The van der Waals surface area contributed by atoms with E-state index in [1.807, 2.05) is 40.5 Å². The second-order valence-corrected chi connectivity index (χ2v) is 10.5. The van der Waals surface area contributed by atoms with Gasteiger partial charge in [-0.1, -0.05) is 42.5 Å². The van der Waals surface area contributed by atoms with Gasteiger partial charge in [-0.2, -0.15) is 0 Å². The Morgan fingerprint density at radius 2 is 1.76 bits per heavy atom.